The molecule has 0 saturated carbocycles. The number of carbonyl (C=O) groups excluding carboxylic acids is 1. The van der Waals surface area contributed by atoms with Crippen LogP contribution in [0.4, 0.5) is 4.79 Å². The van der Waals surface area contributed by atoms with E-state index in [-0.39, 0.29) is 17.3 Å². The molecule has 3 heterocycles. The molecular weight excluding hydrogens is 506 g/mol. The summed E-state index contributed by atoms with van der Waals surface area (Å²) in [5.74, 6) is 1.29. The Morgan fingerprint density at radius 3 is 2.36 bits per heavy atom. The molecule has 1 saturated heterocycles. The molecule has 5 rings (SSSR count). The van der Waals surface area contributed by atoms with E-state index in [4.69, 9.17) is 34.2 Å². The standard InChI is InChI=1S/C27H27N5O7/c1-34-19-12-16(13-20(35-2)24(19)36-3)23-22-21(18(14-28)25(29)39-26(22)31-30-23)15-4-6-17(7-5-15)38-27(33)32-8-10-37-11-9-32/h4-7,12-13,21H,8-11,29H2,1-3H3,(H,30,31). The molecule has 2 aliphatic rings. The number of nitriles is 1. The summed E-state index contributed by atoms with van der Waals surface area (Å²) < 4.78 is 33.0. The zero-order valence-corrected chi connectivity index (χ0v) is 21.6. The number of nitrogens with two attached hydrogens (primary N) is 1. The number of carbonyl (C=O) groups is 1. The van der Waals surface area contributed by atoms with Gasteiger partial charge in [0.05, 0.1) is 51.7 Å². The molecule has 1 fully saturated rings. The van der Waals surface area contributed by atoms with Gasteiger partial charge in [-0.1, -0.05) is 12.1 Å². The predicted octanol–water partition coefficient (Wildman–Crippen LogP) is 3.15. The molecule has 39 heavy (non-hydrogen) atoms. The number of rotatable bonds is 6. The molecule has 3 aromatic rings. The fourth-order valence-electron chi connectivity index (χ4n) is 4.66. The van der Waals surface area contributed by atoms with Crippen LogP contribution < -0.4 is 29.4 Å². The Labute approximate surface area is 224 Å². The Kier molecular flexibility index (Phi) is 7.16. The highest BCUT2D eigenvalue weighted by molar-refractivity contribution is 5.75. The van der Waals surface area contributed by atoms with Gasteiger partial charge in [-0.25, -0.2) is 4.79 Å². The number of fused-ring (bicyclic) bond motifs is 1. The largest absolute Gasteiger partial charge is 0.493 e. The minimum absolute atomic E-state index is 0.0410. The lowest BCUT2D eigenvalue weighted by atomic mass is 9.83. The smallest absolute Gasteiger partial charge is 0.415 e. The van der Waals surface area contributed by atoms with Gasteiger partial charge in [0.25, 0.3) is 0 Å². The summed E-state index contributed by atoms with van der Waals surface area (Å²) in [5, 5.41) is 17.4. The fraction of sp³-hybridized carbons (Fsp3) is 0.296. The van der Waals surface area contributed by atoms with Gasteiger partial charge in [0, 0.05) is 18.7 Å². The van der Waals surface area contributed by atoms with Crippen LogP contribution in [0.15, 0.2) is 47.9 Å². The lowest BCUT2D eigenvalue weighted by molar-refractivity contribution is 0.0416. The summed E-state index contributed by atoms with van der Waals surface area (Å²) in [6.45, 7) is 1.90. The van der Waals surface area contributed by atoms with Crippen molar-refractivity contribution >= 4 is 6.09 Å². The molecule has 0 radical (unpaired) electrons. The van der Waals surface area contributed by atoms with Crippen molar-refractivity contribution in [1.82, 2.24) is 15.1 Å². The molecule has 12 nitrogen and oxygen atoms in total. The number of aromatic amines is 1. The Hall–Kier alpha value is -4.89. The van der Waals surface area contributed by atoms with Crippen molar-refractivity contribution in [1.29, 1.82) is 5.26 Å². The number of morpholine rings is 1. The fourth-order valence-corrected chi connectivity index (χ4v) is 4.66. The molecule has 0 spiro atoms. The van der Waals surface area contributed by atoms with Crippen LogP contribution in [-0.2, 0) is 4.74 Å². The first-order valence-electron chi connectivity index (χ1n) is 12.1. The highest BCUT2D eigenvalue weighted by Crippen LogP contribution is 2.48. The molecule has 3 N–H and O–H groups in total. The molecule has 0 bridgehead atoms. The Morgan fingerprint density at radius 1 is 1.10 bits per heavy atom. The van der Waals surface area contributed by atoms with Crippen LogP contribution in [0, 0.1) is 11.3 Å². The maximum Gasteiger partial charge on any atom is 0.415 e. The van der Waals surface area contributed by atoms with Crippen molar-refractivity contribution in [2.24, 2.45) is 5.73 Å². The summed E-state index contributed by atoms with van der Waals surface area (Å²) in [7, 11) is 4.58. The maximum absolute atomic E-state index is 12.5. The van der Waals surface area contributed by atoms with E-state index in [2.05, 4.69) is 16.3 Å². The molecule has 2 aromatic carbocycles. The van der Waals surface area contributed by atoms with Gasteiger partial charge < -0.3 is 39.1 Å². The lowest BCUT2D eigenvalue weighted by Gasteiger charge is -2.26. The molecular formula is C27H27N5O7. The number of benzene rings is 2. The third kappa shape index (κ3) is 4.75. The van der Waals surface area contributed by atoms with Gasteiger partial charge in [-0.2, -0.15) is 5.26 Å². The van der Waals surface area contributed by atoms with Crippen LogP contribution >= 0.6 is 0 Å². The van der Waals surface area contributed by atoms with Gasteiger partial charge in [-0.3, -0.25) is 5.10 Å². The van der Waals surface area contributed by atoms with E-state index in [1.165, 1.54) is 21.3 Å². The van der Waals surface area contributed by atoms with Crippen LogP contribution in [-0.4, -0.2) is 68.8 Å². The SMILES string of the molecule is COc1cc(-c2[nH]nc3c2C(c2ccc(OC(=O)N4CCOCC4)cc2)C(C#N)=C(N)O3)cc(OC)c1OC. The Bertz CT molecular complexity index is 1430. The summed E-state index contributed by atoms with van der Waals surface area (Å²) in [6.07, 6.45) is -0.444. The minimum Gasteiger partial charge on any atom is -0.493 e. The van der Waals surface area contributed by atoms with E-state index < -0.39 is 12.0 Å². The van der Waals surface area contributed by atoms with Crippen molar-refractivity contribution in [2.45, 2.75) is 5.92 Å². The highest BCUT2D eigenvalue weighted by Gasteiger charge is 2.36. The topological polar surface area (TPSA) is 154 Å². The van der Waals surface area contributed by atoms with Crippen LogP contribution in [0.3, 0.4) is 0 Å². The number of ether oxygens (including phenoxy) is 6. The third-order valence-corrected chi connectivity index (χ3v) is 6.58. The quantitative estimate of drug-likeness (QED) is 0.483. The lowest BCUT2D eigenvalue weighted by Crippen LogP contribution is -2.42. The Balaban J connectivity index is 1.53. The molecule has 12 heteroatoms. The average molecular weight is 534 g/mol. The normalized spacial score (nSPS) is 16.6. The van der Waals surface area contributed by atoms with Crippen molar-refractivity contribution in [2.75, 3.05) is 47.6 Å². The first kappa shape index (κ1) is 25.7. The summed E-state index contributed by atoms with van der Waals surface area (Å²) in [5.41, 5.74) is 8.92. The van der Waals surface area contributed by atoms with Gasteiger partial charge in [-0.05, 0) is 29.8 Å². The Morgan fingerprint density at radius 2 is 1.77 bits per heavy atom. The summed E-state index contributed by atoms with van der Waals surface area (Å²) in [6, 6.07) is 12.6. The molecule has 1 aromatic heterocycles. The number of methoxy groups -OCH3 is 3. The highest BCUT2D eigenvalue weighted by atomic mass is 16.6. The van der Waals surface area contributed by atoms with Gasteiger partial charge in [0.1, 0.15) is 17.4 Å². The molecule has 202 valence electrons. The van der Waals surface area contributed by atoms with Gasteiger partial charge >= 0.3 is 6.09 Å². The van der Waals surface area contributed by atoms with Crippen LogP contribution in [0.5, 0.6) is 28.9 Å². The van der Waals surface area contributed by atoms with Gasteiger partial charge in [-0.15, -0.1) is 5.10 Å². The van der Waals surface area contributed by atoms with E-state index in [1.807, 2.05) is 0 Å². The van der Waals surface area contributed by atoms with Crippen molar-refractivity contribution in [3.05, 3.63) is 59.0 Å². The van der Waals surface area contributed by atoms with Gasteiger partial charge in [0.2, 0.25) is 17.5 Å². The second-order valence-electron chi connectivity index (χ2n) is 8.69. The number of H-pyrrole nitrogens is 1. The number of nitrogens with zero attached hydrogens (tertiary/aromatic N) is 3. The molecule has 0 aliphatic carbocycles. The summed E-state index contributed by atoms with van der Waals surface area (Å²) in [4.78, 5) is 14.1. The van der Waals surface area contributed by atoms with Gasteiger partial charge in [0.15, 0.2) is 11.5 Å². The van der Waals surface area contributed by atoms with Crippen molar-refractivity contribution < 1.29 is 33.2 Å². The number of hydrogen-bond acceptors (Lipinski definition) is 10. The van der Waals surface area contributed by atoms with E-state index >= 15 is 0 Å². The first-order valence-corrected chi connectivity index (χ1v) is 12.1. The van der Waals surface area contributed by atoms with Crippen molar-refractivity contribution in [3.63, 3.8) is 0 Å². The zero-order valence-electron chi connectivity index (χ0n) is 21.6. The van der Waals surface area contributed by atoms with E-state index in [0.29, 0.717) is 66.1 Å². The van der Waals surface area contributed by atoms with E-state index in [0.717, 1.165) is 5.56 Å². The maximum atomic E-state index is 12.5. The molecule has 2 aliphatic heterocycles. The predicted molar refractivity (Wildman–Crippen MR) is 138 cm³/mol. The monoisotopic (exact) mass is 533 g/mol. The van der Waals surface area contributed by atoms with E-state index in [1.54, 1.807) is 41.3 Å². The average Bonchev–Trinajstić information content (AvgIpc) is 3.39. The molecule has 1 amide bonds. The minimum atomic E-state index is -0.615. The number of hydrogen-bond donors (Lipinski definition) is 2. The molecule has 1 atom stereocenters. The van der Waals surface area contributed by atoms with Crippen LogP contribution in [0.1, 0.15) is 17.0 Å². The van der Waals surface area contributed by atoms with Crippen LogP contribution in [0.2, 0.25) is 0 Å². The third-order valence-electron chi connectivity index (χ3n) is 6.58. The number of aromatic nitrogens is 2. The van der Waals surface area contributed by atoms with Crippen LogP contribution in [0.25, 0.3) is 11.3 Å². The van der Waals surface area contributed by atoms with E-state index in [9.17, 15) is 10.1 Å². The number of allylic oxidation sites excluding steroid dienone is 1. The number of amides is 1. The zero-order chi connectivity index (χ0) is 27.5. The summed E-state index contributed by atoms with van der Waals surface area (Å²) >= 11 is 0. The second-order valence-corrected chi connectivity index (χ2v) is 8.69. The van der Waals surface area contributed by atoms with Crippen molar-refractivity contribution in [3.8, 4) is 46.2 Å². The first-order chi connectivity index (χ1) is 19.0. The second kappa shape index (κ2) is 10.8. The number of nitrogens with one attached hydrogen (secondary N) is 1. The molecule has 1 unspecified atom stereocenters.